The number of thiazole rings is 1. The van der Waals surface area contributed by atoms with E-state index in [0.717, 1.165) is 36.3 Å². The van der Waals surface area contributed by atoms with Gasteiger partial charge < -0.3 is 10.4 Å². The molecule has 1 saturated carbocycles. The van der Waals surface area contributed by atoms with Crippen LogP contribution in [0.5, 0.6) is 0 Å². The zero-order valence-corrected chi connectivity index (χ0v) is 13.3. The van der Waals surface area contributed by atoms with E-state index in [-0.39, 0.29) is 24.5 Å². The molecule has 6 heteroatoms. The highest BCUT2D eigenvalue weighted by Gasteiger charge is 2.26. The zero-order chi connectivity index (χ0) is 14.7. The largest absolute Gasteiger partial charge is 0.396 e. The summed E-state index contributed by atoms with van der Waals surface area (Å²) in [6, 6.07) is 2.09. The predicted molar refractivity (Wildman–Crippen MR) is 85.7 cm³/mol. The molecule has 1 aliphatic carbocycles. The molecule has 0 aromatic carbocycles. The predicted octanol–water partition coefficient (Wildman–Crippen LogP) is 3.15. The first-order chi connectivity index (χ1) is 10.3. The number of aliphatic hydroxyl groups excluding tert-OH is 1. The van der Waals surface area contributed by atoms with Gasteiger partial charge in [0.15, 0.2) is 0 Å². The van der Waals surface area contributed by atoms with E-state index in [1.54, 1.807) is 17.5 Å². The van der Waals surface area contributed by atoms with Gasteiger partial charge in [0.2, 0.25) is 0 Å². The average molecular weight is 322 g/mol. The lowest BCUT2D eigenvalue weighted by Crippen LogP contribution is -2.43. The van der Waals surface area contributed by atoms with Crippen molar-refractivity contribution in [2.45, 2.75) is 31.7 Å². The highest BCUT2D eigenvalue weighted by molar-refractivity contribution is 7.17. The van der Waals surface area contributed by atoms with E-state index in [1.807, 2.05) is 16.8 Å². The van der Waals surface area contributed by atoms with Crippen molar-refractivity contribution in [2.24, 2.45) is 5.92 Å². The maximum atomic E-state index is 12.3. The first-order valence-electron chi connectivity index (χ1n) is 7.18. The van der Waals surface area contributed by atoms with Crippen molar-refractivity contribution < 1.29 is 9.90 Å². The molecule has 1 fully saturated rings. The lowest BCUT2D eigenvalue weighted by atomic mass is 9.85. The molecule has 2 atom stereocenters. The molecule has 112 valence electrons. The SMILES string of the molecule is O=C(NC1CCCCC1CO)c1cnc(-c2ccsc2)s1. The highest BCUT2D eigenvalue weighted by Crippen LogP contribution is 2.28. The van der Waals surface area contributed by atoms with Crippen molar-refractivity contribution in [3.63, 3.8) is 0 Å². The van der Waals surface area contributed by atoms with Crippen LogP contribution in [0.3, 0.4) is 0 Å². The molecular weight excluding hydrogens is 304 g/mol. The van der Waals surface area contributed by atoms with E-state index in [1.165, 1.54) is 11.3 Å². The summed E-state index contributed by atoms with van der Waals surface area (Å²) in [7, 11) is 0. The Morgan fingerprint density at radius 1 is 1.43 bits per heavy atom. The first kappa shape index (κ1) is 14.7. The molecule has 0 spiro atoms. The lowest BCUT2D eigenvalue weighted by molar-refractivity contribution is 0.0876. The smallest absolute Gasteiger partial charge is 0.263 e. The maximum absolute atomic E-state index is 12.3. The third-order valence-corrected chi connectivity index (χ3v) is 5.69. The van der Waals surface area contributed by atoms with Crippen LogP contribution >= 0.6 is 22.7 Å². The molecule has 3 rings (SSSR count). The Morgan fingerprint density at radius 2 is 2.29 bits per heavy atom. The van der Waals surface area contributed by atoms with Crippen LogP contribution < -0.4 is 5.32 Å². The minimum Gasteiger partial charge on any atom is -0.396 e. The van der Waals surface area contributed by atoms with Crippen molar-refractivity contribution in [1.29, 1.82) is 0 Å². The second-order valence-corrected chi connectivity index (χ2v) is 7.16. The van der Waals surface area contributed by atoms with Gasteiger partial charge in [-0.15, -0.1) is 11.3 Å². The summed E-state index contributed by atoms with van der Waals surface area (Å²) in [5.41, 5.74) is 1.06. The van der Waals surface area contributed by atoms with Gasteiger partial charge in [0.25, 0.3) is 5.91 Å². The molecule has 2 aromatic heterocycles. The molecule has 2 N–H and O–H groups in total. The van der Waals surface area contributed by atoms with E-state index >= 15 is 0 Å². The summed E-state index contributed by atoms with van der Waals surface area (Å²) in [5.74, 6) is 0.117. The van der Waals surface area contributed by atoms with Crippen LogP contribution in [0.1, 0.15) is 35.4 Å². The number of rotatable bonds is 4. The van der Waals surface area contributed by atoms with Crippen LogP contribution in [0.4, 0.5) is 0 Å². The standard InChI is InChI=1S/C15H18N2O2S2/c18-8-10-3-1-2-4-12(10)17-14(19)13-7-16-15(21-13)11-5-6-20-9-11/h5-7,9-10,12,18H,1-4,8H2,(H,17,19). The monoisotopic (exact) mass is 322 g/mol. The molecular formula is C15H18N2O2S2. The number of aromatic nitrogens is 1. The van der Waals surface area contributed by atoms with E-state index < -0.39 is 0 Å². The molecule has 0 aliphatic heterocycles. The van der Waals surface area contributed by atoms with Crippen molar-refractivity contribution in [2.75, 3.05) is 6.61 Å². The van der Waals surface area contributed by atoms with E-state index in [4.69, 9.17) is 0 Å². The van der Waals surface area contributed by atoms with Crippen LogP contribution in [0.25, 0.3) is 10.6 Å². The average Bonchev–Trinajstić information content (AvgIpc) is 3.18. The second kappa shape index (κ2) is 6.68. The molecule has 2 unspecified atom stereocenters. The number of aliphatic hydroxyl groups is 1. The number of nitrogens with zero attached hydrogens (tertiary/aromatic N) is 1. The van der Waals surface area contributed by atoms with Crippen molar-refractivity contribution in [1.82, 2.24) is 10.3 Å². The third kappa shape index (κ3) is 3.33. The van der Waals surface area contributed by atoms with Crippen LogP contribution in [0, 0.1) is 5.92 Å². The topological polar surface area (TPSA) is 62.2 Å². The summed E-state index contributed by atoms with van der Waals surface area (Å²) in [5, 5.41) is 17.4. The highest BCUT2D eigenvalue weighted by atomic mass is 32.1. The molecule has 2 aromatic rings. The Morgan fingerprint density at radius 3 is 3.05 bits per heavy atom. The van der Waals surface area contributed by atoms with Crippen molar-refractivity contribution in [3.8, 4) is 10.6 Å². The molecule has 4 nitrogen and oxygen atoms in total. The summed E-state index contributed by atoms with van der Waals surface area (Å²) in [6.07, 6.45) is 5.84. The van der Waals surface area contributed by atoms with Gasteiger partial charge in [0.05, 0.1) is 6.20 Å². The summed E-state index contributed by atoms with van der Waals surface area (Å²) in [4.78, 5) is 17.3. The Kier molecular flexibility index (Phi) is 4.67. The molecule has 2 heterocycles. The number of hydrogen-bond acceptors (Lipinski definition) is 5. The molecule has 21 heavy (non-hydrogen) atoms. The maximum Gasteiger partial charge on any atom is 0.263 e. The Labute approximate surface area is 131 Å². The molecule has 1 aliphatic rings. The molecule has 1 amide bonds. The summed E-state index contributed by atoms with van der Waals surface area (Å²) < 4.78 is 0. The fourth-order valence-electron chi connectivity index (χ4n) is 2.75. The number of thiophene rings is 1. The van der Waals surface area contributed by atoms with Crippen LogP contribution in [-0.2, 0) is 0 Å². The van der Waals surface area contributed by atoms with Gasteiger partial charge in [0, 0.05) is 29.5 Å². The number of nitrogens with one attached hydrogen (secondary N) is 1. The molecule has 0 bridgehead atoms. The van der Waals surface area contributed by atoms with E-state index in [0.29, 0.717) is 4.88 Å². The number of hydrogen-bond donors (Lipinski definition) is 2. The Hall–Kier alpha value is -1.24. The van der Waals surface area contributed by atoms with E-state index in [2.05, 4.69) is 10.3 Å². The number of amides is 1. The van der Waals surface area contributed by atoms with Gasteiger partial charge in [-0.2, -0.15) is 11.3 Å². The fraction of sp³-hybridized carbons (Fsp3) is 0.467. The fourth-order valence-corrected chi connectivity index (χ4v) is 4.29. The summed E-state index contributed by atoms with van der Waals surface area (Å²) in [6.45, 7) is 0.147. The lowest BCUT2D eigenvalue weighted by Gasteiger charge is -2.30. The van der Waals surface area contributed by atoms with Gasteiger partial charge in [0.1, 0.15) is 9.88 Å². The van der Waals surface area contributed by atoms with Crippen LogP contribution in [-0.4, -0.2) is 28.6 Å². The van der Waals surface area contributed by atoms with Gasteiger partial charge >= 0.3 is 0 Å². The first-order valence-corrected chi connectivity index (χ1v) is 8.94. The molecule has 0 radical (unpaired) electrons. The van der Waals surface area contributed by atoms with E-state index in [9.17, 15) is 9.90 Å². The normalized spacial score (nSPS) is 22.1. The van der Waals surface area contributed by atoms with Crippen molar-refractivity contribution >= 4 is 28.6 Å². The minimum absolute atomic E-state index is 0.0701. The van der Waals surface area contributed by atoms with Gasteiger partial charge in [-0.05, 0) is 24.3 Å². The van der Waals surface area contributed by atoms with Crippen molar-refractivity contribution in [3.05, 3.63) is 27.9 Å². The van der Waals surface area contributed by atoms with Gasteiger partial charge in [-0.3, -0.25) is 4.79 Å². The van der Waals surface area contributed by atoms with Gasteiger partial charge in [-0.1, -0.05) is 12.8 Å². The zero-order valence-electron chi connectivity index (χ0n) is 11.6. The van der Waals surface area contributed by atoms with Crippen LogP contribution in [0.15, 0.2) is 23.0 Å². The Bertz CT molecular complexity index is 595. The number of carbonyl (C=O) groups excluding carboxylic acids is 1. The second-order valence-electron chi connectivity index (χ2n) is 5.35. The Balaban J connectivity index is 1.68. The summed E-state index contributed by atoms with van der Waals surface area (Å²) >= 11 is 3.04. The number of carbonyl (C=O) groups is 1. The van der Waals surface area contributed by atoms with Gasteiger partial charge in [-0.25, -0.2) is 4.98 Å². The quantitative estimate of drug-likeness (QED) is 0.909. The van der Waals surface area contributed by atoms with Crippen LogP contribution in [0.2, 0.25) is 0 Å². The third-order valence-electron chi connectivity index (χ3n) is 3.96. The molecule has 0 saturated heterocycles. The minimum atomic E-state index is -0.0701.